The Kier molecular flexibility index (Phi) is 10.1. The van der Waals surface area contributed by atoms with Gasteiger partial charge in [-0.15, -0.1) is 11.8 Å². The van der Waals surface area contributed by atoms with Crippen molar-refractivity contribution >= 4 is 29.3 Å². The molecule has 2 amide bonds. The van der Waals surface area contributed by atoms with Gasteiger partial charge >= 0.3 is 0 Å². The number of nitrogens with one attached hydrogen (secondary N) is 1. The van der Waals surface area contributed by atoms with E-state index in [-0.39, 0.29) is 29.3 Å². The van der Waals surface area contributed by atoms with Gasteiger partial charge in [0.1, 0.15) is 6.04 Å². The molecule has 7 nitrogen and oxygen atoms in total. The van der Waals surface area contributed by atoms with E-state index in [1.165, 1.54) is 23.9 Å². The lowest BCUT2D eigenvalue weighted by atomic mass is 10.0. The van der Waals surface area contributed by atoms with Crippen LogP contribution in [0.1, 0.15) is 47.9 Å². The summed E-state index contributed by atoms with van der Waals surface area (Å²) in [4.78, 5) is 39.7. The molecule has 8 heteroatoms. The van der Waals surface area contributed by atoms with Gasteiger partial charge in [0, 0.05) is 36.9 Å². The lowest BCUT2D eigenvalue weighted by Gasteiger charge is -2.32. The summed E-state index contributed by atoms with van der Waals surface area (Å²) < 4.78 is 0. The average Bonchev–Trinajstić information content (AvgIpc) is 3.45. The molecule has 0 aromatic heterocycles. The molecule has 0 aliphatic heterocycles. The van der Waals surface area contributed by atoms with E-state index in [1.807, 2.05) is 61.5 Å². The molecule has 0 saturated heterocycles. The summed E-state index contributed by atoms with van der Waals surface area (Å²) in [7, 11) is 0. The van der Waals surface area contributed by atoms with Crippen LogP contribution in [0.25, 0.3) is 0 Å². The minimum atomic E-state index is -0.637. The van der Waals surface area contributed by atoms with Gasteiger partial charge in [0.15, 0.2) is 0 Å². The lowest BCUT2D eigenvalue weighted by Crippen LogP contribution is -2.52. The van der Waals surface area contributed by atoms with Crippen LogP contribution in [0.4, 0.5) is 5.69 Å². The van der Waals surface area contributed by atoms with Crippen LogP contribution in [0.5, 0.6) is 0 Å². The van der Waals surface area contributed by atoms with Gasteiger partial charge in [-0.1, -0.05) is 85.1 Å². The Bertz CT molecular complexity index is 1240. The molecule has 204 valence electrons. The van der Waals surface area contributed by atoms with E-state index in [0.29, 0.717) is 18.7 Å². The molecule has 1 aliphatic rings. The van der Waals surface area contributed by atoms with Crippen molar-refractivity contribution in [2.45, 2.75) is 63.4 Å². The van der Waals surface area contributed by atoms with E-state index in [1.54, 1.807) is 17.0 Å². The number of hydrogen-bond acceptors (Lipinski definition) is 5. The molecule has 1 N–H and O–H groups in total. The molecule has 1 saturated carbocycles. The van der Waals surface area contributed by atoms with Crippen LogP contribution in [-0.2, 0) is 28.3 Å². The second-order valence-electron chi connectivity index (χ2n) is 10.1. The quantitative estimate of drug-likeness (QED) is 0.228. The fourth-order valence-corrected chi connectivity index (χ4v) is 5.74. The fraction of sp³-hybridized carbons (Fsp3) is 0.355. The smallest absolute Gasteiger partial charge is 0.269 e. The number of carbonyl (C=O) groups is 2. The van der Waals surface area contributed by atoms with Crippen molar-refractivity contribution < 1.29 is 14.5 Å². The second-order valence-corrected chi connectivity index (χ2v) is 11.1. The van der Waals surface area contributed by atoms with E-state index >= 15 is 0 Å². The zero-order chi connectivity index (χ0) is 27.6. The SMILES string of the molecule is Cc1ccc(CN(C(=O)CSCc2ccc([N+](=O)[O-])cc2)C(Cc2ccccc2)C(=O)NC2CCCC2)cc1. The van der Waals surface area contributed by atoms with Crippen molar-refractivity contribution in [3.63, 3.8) is 0 Å². The monoisotopic (exact) mass is 545 g/mol. The van der Waals surface area contributed by atoms with E-state index in [9.17, 15) is 19.7 Å². The third-order valence-electron chi connectivity index (χ3n) is 7.09. The maximum atomic E-state index is 13.8. The molecule has 39 heavy (non-hydrogen) atoms. The number of amides is 2. The second kappa shape index (κ2) is 13.9. The average molecular weight is 546 g/mol. The van der Waals surface area contributed by atoms with Crippen molar-refractivity contribution in [3.8, 4) is 0 Å². The molecule has 1 atom stereocenters. The Morgan fingerprint density at radius 3 is 2.23 bits per heavy atom. The molecule has 0 spiro atoms. The highest BCUT2D eigenvalue weighted by Gasteiger charge is 2.32. The summed E-state index contributed by atoms with van der Waals surface area (Å²) in [5.74, 6) is 0.529. The van der Waals surface area contributed by atoms with Gasteiger partial charge in [0.05, 0.1) is 10.7 Å². The number of non-ortho nitro benzene ring substituents is 1. The highest BCUT2D eigenvalue weighted by Crippen LogP contribution is 2.22. The number of carbonyl (C=O) groups excluding carboxylic acids is 2. The first-order valence-electron chi connectivity index (χ1n) is 13.4. The minimum Gasteiger partial charge on any atom is -0.352 e. The number of thioether (sulfide) groups is 1. The molecule has 0 radical (unpaired) electrons. The number of nitro benzene ring substituents is 1. The molecule has 0 bridgehead atoms. The van der Waals surface area contributed by atoms with E-state index in [0.717, 1.165) is 47.9 Å². The fourth-order valence-electron chi connectivity index (χ4n) is 4.86. The summed E-state index contributed by atoms with van der Waals surface area (Å²) in [6, 6.07) is 23.8. The summed E-state index contributed by atoms with van der Waals surface area (Å²) in [5.41, 5.74) is 4.06. The molecule has 0 heterocycles. The normalized spacial score (nSPS) is 14.1. The lowest BCUT2D eigenvalue weighted by molar-refractivity contribution is -0.384. The zero-order valence-corrected chi connectivity index (χ0v) is 23.1. The van der Waals surface area contributed by atoms with Crippen LogP contribution in [0.2, 0.25) is 0 Å². The summed E-state index contributed by atoms with van der Waals surface area (Å²) in [6.07, 6.45) is 4.60. The van der Waals surface area contributed by atoms with Crippen LogP contribution >= 0.6 is 11.8 Å². The molecule has 1 unspecified atom stereocenters. The summed E-state index contributed by atoms with van der Waals surface area (Å²) >= 11 is 1.45. The maximum absolute atomic E-state index is 13.8. The third-order valence-corrected chi connectivity index (χ3v) is 8.08. The Balaban J connectivity index is 1.53. The number of hydrogen-bond donors (Lipinski definition) is 1. The summed E-state index contributed by atoms with van der Waals surface area (Å²) in [6.45, 7) is 2.36. The van der Waals surface area contributed by atoms with E-state index in [4.69, 9.17) is 0 Å². The molecule has 1 aliphatic carbocycles. The van der Waals surface area contributed by atoms with E-state index in [2.05, 4.69) is 5.32 Å². The van der Waals surface area contributed by atoms with Crippen molar-refractivity contribution in [1.82, 2.24) is 10.2 Å². The molecule has 4 rings (SSSR count). The highest BCUT2D eigenvalue weighted by atomic mass is 32.2. The predicted molar refractivity (Wildman–Crippen MR) is 155 cm³/mol. The Labute approximate surface area is 234 Å². The van der Waals surface area contributed by atoms with E-state index < -0.39 is 11.0 Å². The standard InChI is InChI=1S/C31H35N3O4S/c1-23-11-13-25(14-12-23)20-33(30(35)22-39-21-26-15-17-28(18-16-26)34(37)38)29(19-24-7-3-2-4-8-24)31(36)32-27-9-5-6-10-27/h2-4,7-8,11-18,27,29H,5-6,9-10,19-22H2,1H3,(H,32,36). The first-order chi connectivity index (χ1) is 18.9. The van der Waals surface area contributed by atoms with Gasteiger partial charge in [-0.3, -0.25) is 19.7 Å². The Morgan fingerprint density at radius 1 is 0.949 bits per heavy atom. The van der Waals surface area contributed by atoms with Crippen molar-refractivity contribution in [2.75, 3.05) is 5.75 Å². The van der Waals surface area contributed by atoms with Crippen LogP contribution in [0.15, 0.2) is 78.9 Å². The highest BCUT2D eigenvalue weighted by molar-refractivity contribution is 7.99. The van der Waals surface area contributed by atoms with Gasteiger partial charge in [-0.05, 0) is 36.5 Å². The van der Waals surface area contributed by atoms with Crippen LogP contribution in [-0.4, -0.2) is 39.5 Å². The van der Waals surface area contributed by atoms with Gasteiger partial charge in [0.25, 0.3) is 5.69 Å². The van der Waals surface area contributed by atoms with Crippen LogP contribution in [0.3, 0.4) is 0 Å². The van der Waals surface area contributed by atoms with Crippen molar-refractivity contribution in [2.24, 2.45) is 0 Å². The zero-order valence-electron chi connectivity index (χ0n) is 22.3. The molecule has 3 aromatic rings. The first kappa shape index (κ1) is 28.4. The Hall–Kier alpha value is -3.65. The molecular weight excluding hydrogens is 510 g/mol. The molecular formula is C31H35N3O4S. The maximum Gasteiger partial charge on any atom is 0.269 e. The van der Waals surface area contributed by atoms with Crippen molar-refractivity contribution in [3.05, 3.63) is 111 Å². The Morgan fingerprint density at radius 2 is 1.59 bits per heavy atom. The number of rotatable bonds is 12. The number of aryl methyl sites for hydroxylation is 1. The third kappa shape index (κ3) is 8.42. The number of nitro groups is 1. The minimum absolute atomic E-state index is 0.0427. The predicted octanol–water partition coefficient (Wildman–Crippen LogP) is 5.84. The summed E-state index contributed by atoms with van der Waals surface area (Å²) in [5, 5.41) is 14.2. The van der Waals surface area contributed by atoms with Crippen molar-refractivity contribution in [1.29, 1.82) is 0 Å². The number of benzene rings is 3. The molecule has 3 aromatic carbocycles. The van der Waals surface area contributed by atoms with Gasteiger partial charge in [0.2, 0.25) is 11.8 Å². The number of nitrogens with zero attached hydrogens (tertiary/aromatic N) is 2. The first-order valence-corrected chi connectivity index (χ1v) is 14.5. The van der Waals surface area contributed by atoms with Gasteiger partial charge in [-0.2, -0.15) is 0 Å². The van der Waals surface area contributed by atoms with Crippen LogP contribution in [0, 0.1) is 17.0 Å². The largest absolute Gasteiger partial charge is 0.352 e. The topological polar surface area (TPSA) is 92.6 Å². The van der Waals surface area contributed by atoms with Gasteiger partial charge in [-0.25, -0.2) is 0 Å². The molecule has 1 fully saturated rings. The van der Waals surface area contributed by atoms with Crippen LogP contribution < -0.4 is 5.32 Å². The van der Waals surface area contributed by atoms with Gasteiger partial charge < -0.3 is 10.2 Å².